The molecule has 2 amide bonds. The third-order valence-corrected chi connectivity index (χ3v) is 5.47. The van der Waals surface area contributed by atoms with Gasteiger partial charge in [-0.25, -0.2) is 0 Å². The Kier molecular flexibility index (Phi) is 5.33. The molecule has 1 N–H and O–H groups in total. The van der Waals surface area contributed by atoms with Crippen LogP contribution in [-0.4, -0.2) is 30.8 Å². The van der Waals surface area contributed by atoms with Gasteiger partial charge in [0.1, 0.15) is 0 Å². The number of carbonyl (C=O) groups is 2. The normalized spacial score (nSPS) is 15.0. The largest absolute Gasteiger partial charge is 0.355 e. The van der Waals surface area contributed by atoms with Crippen molar-refractivity contribution in [2.75, 3.05) is 14.1 Å². The molecule has 2 aromatic rings. The molecule has 0 unspecified atom stereocenters. The van der Waals surface area contributed by atoms with Crippen LogP contribution in [0.4, 0.5) is 0 Å². The first-order valence-electron chi connectivity index (χ1n) is 8.79. The summed E-state index contributed by atoms with van der Waals surface area (Å²) in [7, 11) is 3.45. The Hall–Kier alpha value is -2.33. The van der Waals surface area contributed by atoms with Crippen LogP contribution in [0.2, 0.25) is 5.02 Å². The molecule has 1 aliphatic rings. The van der Waals surface area contributed by atoms with Crippen molar-refractivity contribution < 1.29 is 9.59 Å². The Morgan fingerprint density at radius 3 is 2.19 bits per heavy atom. The number of benzene rings is 2. The maximum Gasteiger partial charge on any atom is 0.251 e. The molecule has 1 fully saturated rings. The number of rotatable bonds is 5. The highest BCUT2D eigenvalue weighted by atomic mass is 35.5. The lowest BCUT2D eigenvalue weighted by atomic mass is 9.63. The van der Waals surface area contributed by atoms with E-state index in [1.807, 2.05) is 43.4 Å². The minimum Gasteiger partial charge on any atom is -0.355 e. The first-order chi connectivity index (χ1) is 12.5. The maximum absolute atomic E-state index is 13.2. The van der Waals surface area contributed by atoms with Crippen molar-refractivity contribution in [3.8, 4) is 0 Å². The highest BCUT2D eigenvalue weighted by Crippen LogP contribution is 2.45. The first-order valence-corrected chi connectivity index (χ1v) is 9.17. The van der Waals surface area contributed by atoms with Crippen LogP contribution in [0.5, 0.6) is 0 Å². The van der Waals surface area contributed by atoms with Gasteiger partial charge in [0.15, 0.2) is 0 Å². The van der Waals surface area contributed by atoms with Gasteiger partial charge in [-0.1, -0.05) is 42.3 Å². The first kappa shape index (κ1) is 18.5. The third kappa shape index (κ3) is 3.47. The lowest BCUT2D eigenvalue weighted by Crippen LogP contribution is -2.49. The molecular formula is C21H23ClN2O2. The van der Waals surface area contributed by atoms with E-state index in [-0.39, 0.29) is 11.8 Å². The molecule has 5 heteroatoms. The number of amides is 2. The van der Waals surface area contributed by atoms with Crippen LogP contribution < -0.4 is 5.32 Å². The summed E-state index contributed by atoms with van der Waals surface area (Å²) < 4.78 is 0. The second-order valence-corrected chi connectivity index (χ2v) is 7.32. The maximum atomic E-state index is 13.2. The van der Waals surface area contributed by atoms with Crippen molar-refractivity contribution in [1.82, 2.24) is 10.2 Å². The molecule has 136 valence electrons. The Morgan fingerprint density at radius 2 is 1.69 bits per heavy atom. The minimum atomic E-state index is -0.429. The van der Waals surface area contributed by atoms with Gasteiger partial charge < -0.3 is 10.2 Å². The van der Waals surface area contributed by atoms with Crippen molar-refractivity contribution in [3.63, 3.8) is 0 Å². The van der Waals surface area contributed by atoms with Crippen LogP contribution in [0.15, 0.2) is 48.5 Å². The average Bonchev–Trinajstić information content (AvgIpc) is 2.62. The number of halogens is 1. The van der Waals surface area contributed by atoms with Crippen molar-refractivity contribution in [3.05, 3.63) is 70.2 Å². The van der Waals surface area contributed by atoms with Gasteiger partial charge in [0.2, 0.25) is 5.91 Å². The number of hydrogen-bond donors (Lipinski definition) is 1. The lowest BCUT2D eigenvalue weighted by molar-refractivity contribution is -0.140. The predicted octanol–water partition coefficient (Wildman–Crippen LogP) is 3.78. The van der Waals surface area contributed by atoms with E-state index >= 15 is 0 Å². The molecule has 1 aliphatic carbocycles. The summed E-state index contributed by atoms with van der Waals surface area (Å²) in [5, 5.41) is 3.28. The molecule has 0 saturated heterocycles. The monoisotopic (exact) mass is 370 g/mol. The summed E-state index contributed by atoms with van der Waals surface area (Å²) in [5.74, 6) is 0.0265. The summed E-state index contributed by atoms with van der Waals surface area (Å²) in [6, 6.07) is 15.0. The molecule has 0 spiro atoms. The van der Waals surface area contributed by atoms with Gasteiger partial charge in [0.25, 0.3) is 5.91 Å². The molecule has 0 aromatic heterocycles. The van der Waals surface area contributed by atoms with Crippen LogP contribution >= 0.6 is 11.6 Å². The van der Waals surface area contributed by atoms with Crippen LogP contribution in [0, 0.1) is 0 Å². The fourth-order valence-corrected chi connectivity index (χ4v) is 3.67. The molecule has 3 rings (SSSR count). The van der Waals surface area contributed by atoms with Gasteiger partial charge in [-0.15, -0.1) is 0 Å². The molecular weight excluding hydrogens is 348 g/mol. The molecule has 0 bridgehead atoms. The fourth-order valence-electron chi connectivity index (χ4n) is 3.54. The van der Waals surface area contributed by atoms with Crippen molar-refractivity contribution in [1.29, 1.82) is 0 Å². The summed E-state index contributed by atoms with van der Waals surface area (Å²) in [6.45, 7) is 0.516. The molecule has 0 atom stereocenters. The second kappa shape index (κ2) is 7.50. The predicted molar refractivity (Wildman–Crippen MR) is 103 cm³/mol. The molecule has 0 aliphatic heterocycles. The Morgan fingerprint density at radius 1 is 1.08 bits per heavy atom. The molecule has 1 saturated carbocycles. The van der Waals surface area contributed by atoms with Gasteiger partial charge in [-0.05, 0) is 48.2 Å². The number of hydrogen-bond acceptors (Lipinski definition) is 2. The van der Waals surface area contributed by atoms with Gasteiger partial charge in [-0.3, -0.25) is 9.59 Å². The zero-order chi connectivity index (χ0) is 18.7. The minimum absolute atomic E-state index is 0.114. The number of carbonyl (C=O) groups excluding carboxylic acids is 2. The summed E-state index contributed by atoms with van der Waals surface area (Å²) >= 11 is 5.99. The third-order valence-electron chi connectivity index (χ3n) is 5.22. The number of nitrogens with zero attached hydrogens (tertiary/aromatic N) is 1. The second-order valence-electron chi connectivity index (χ2n) is 6.88. The zero-order valence-electron chi connectivity index (χ0n) is 15.1. The summed E-state index contributed by atoms with van der Waals surface area (Å²) in [6.07, 6.45) is 2.80. The van der Waals surface area contributed by atoms with Crippen molar-refractivity contribution in [2.45, 2.75) is 31.2 Å². The fraction of sp³-hybridized carbons (Fsp3) is 0.333. The van der Waals surface area contributed by atoms with Gasteiger partial charge >= 0.3 is 0 Å². The Bertz CT molecular complexity index is 796. The number of likely N-dealkylation sites (N-methyl/N-ethyl adjacent to an activating group) is 1. The molecule has 0 heterocycles. The SMILES string of the molecule is CNC(=O)c1ccc(CN(C)C(=O)C2(c3ccc(Cl)cc3)CCC2)cc1. The number of nitrogens with one attached hydrogen (secondary N) is 1. The quantitative estimate of drug-likeness (QED) is 0.870. The van der Waals surface area contributed by atoms with Gasteiger partial charge in [-0.2, -0.15) is 0 Å². The van der Waals surface area contributed by atoms with Crippen molar-refractivity contribution in [2.24, 2.45) is 0 Å². The average molecular weight is 371 g/mol. The van der Waals surface area contributed by atoms with E-state index in [0.717, 1.165) is 30.4 Å². The van der Waals surface area contributed by atoms with E-state index < -0.39 is 5.41 Å². The zero-order valence-corrected chi connectivity index (χ0v) is 15.8. The highest BCUT2D eigenvalue weighted by molar-refractivity contribution is 6.30. The van der Waals surface area contributed by atoms with Gasteiger partial charge in [0.05, 0.1) is 5.41 Å². The standard InChI is InChI=1S/C21H23ClN2O2/c1-23-19(25)16-6-4-15(5-7-16)14-24(2)20(26)21(12-3-13-21)17-8-10-18(22)11-9-17/h4-11H,3,12-14H2,1-2H3,(H,23,25). The lowest BCUT2D eigenvalue weighted by Gasteiger charge is -2.43. The van der Waals surface area contributed by atoms with E-state index in [9.17, 15) is 9.59 Å². The van der Waals surface area contributed by atoms with Crippen LogP contribution in [-0.2, 0) is 16.8 Å². The Balaban J connectivity index is 1.74. The van der Waals surface area contributed by atoms with Crippen molar-refractivity contribution >= 4 is 23.4 Å². The summed E-state index contributed by atoms with van der Waals surface area (Å²) in [4.78, 5) is 26.6. The molecule has 0 radical (unpaired) electrons. The van der Waals surface area contributed by atoms with E-state index in [2.05, 4.69) is 5.32 Å². The smallest absolute Gasteiger partial charge is 0.251 e. The van der Waals surface area contributed by atoms with E-state index in [1.165, 1.54) is 0 Å². The summed E-state index contributed by atoms with van der Waals surface area (Å²) in [5.41, 5.74) is 2.22. The van der Waals surface area contributed by atoms with Crippen LogP contribution in [0.3, 0.4) is 0 Å². The topological polar surface area (TPSA) is 49.4 Å². The molecule has 2 aromatic carbocycles. The highest BCUT2D eigenvalue weighted by Gasteiger charge is 2.46. The van der Waals surface area contributed by atoms with Crippen LogP contribution in [0.25, 0.3) is 0 Å². The molecule has 4 nitrogen and oxygen atoms in total. The van der Waals surface area contributed by atoms with Crippen LogP contribution in [0.1, 0.15) is 40.7 Å². The van der Waals surface area contributed by atoms with E-state index in [4.69, 9.17) is 11.6 Å². The molecule has 26 heavy (non-hydrogen) atoms. The Labute approximate surface area is 159 Å². The van der Waals surface area contributed by atoms with Gasteiger partial charge in [0, 0.05) is 31.2 Å². The van der Waals surface area contributed by atoms with E-state index in [0.29, 0.717) is 17.1 Å². The van der Waals surface area contributed by atoms with E-state index in [1.54, 1.807) is 24.1 Å².